The molecule has 0 unspecified atom stereocenters. The molecule has 0 spiro atoms. The summed E-state index contributed by atoms with van der Waals surface area (Å²) in [5.41, 5.74) is 0. The first kappa shape index (κ1) is 4.45. The fourth-order valence-electron chi connectivity index (χ4n) is 0. The van der Waals surface area contributed by atoms with E-state index in [0.29, 0.717) is 0 Å². The van der Waals surface area contributed by atoms with Crippen LogP contribution in [0, 0.1) is 6.57 Å². The van der Waals surface area contributed by atoms with Crippen molar-refractivity contribution in [2.75, 3.05) is 0 Å². The van der Waals surface area contributed by atoms with Crippen LogP contribution in [-0.2, 0) is 0 Å². The molecule has 0 aliphatic heterocycles. The van der Waals surface area contributed by atoms with Crippen molar-refractivity contribution in [2.24, 2.45) is 0 Å². The zero-order chi connectivity index (χ0) is 4.28. The predicted molar refractivity (Wildman–Crippen MR) is 18.3 cm³/mol. The van der Waals surface area contributed by atoms with Gasteiger partial charge in [0.25, 0.3) is 0 Å². The normalized spacial score (nSPS) is 13.0. The summed E-state index contributed by atoms with van der Waals surface area (Å²) in [6.45, 7) is 7.46. The van der Waals surface area contributed by atoms with E-state index in [9.17, 15) is 0 Å². The summed E-state index contributed by atoms with van der Waals surface area (Å²) in [6, 6.07) is 0. The van der Waals surface area contributed by atoms with Crippen LogP contribution in [0.4, 0.5) is 0 Å². The lowest BCUT2D eigenvalue weighted by atomic mass is 10.7. The molecule has 0 fully saturated rings. The molecule has 0 heterocycles. The molecule has 1 atom stereocenters. The van der Waals surface area contributed by atoms with Gasteiger partial charge in [0.15, 0.2) is 0 Å². The summed E-state index contributed by atoms with van der Waals surface area (Å²) in [5.74, 6) is 0. The van der Waals surface area contributed by atoms with Crippen molar-refractivity contribution < 1.29 is 5.11 Å². The van der Waals surface area contributed by atoms with Crippen LogP contribution in [0.5, 0.6) is 0 Å². The first-order valence-electron chi connectivity index (χ1n) is 1.32. The van der Waals surface area contributed by atoms with Crippen LogP contribution in [-0.4, -0.2) is 11.3 Å². The molecule has 0 radical (unpaired) electrons. The number of nitrogens with zero attached hydrogens (tertiary/aromatic N) is 1. The SMILES string of the molecule is [C-]#[N+][C@H](C)O. The molecule has 2 heteroatoms. The molecule has 0 amide bonds. The summed E-state index contributed by atoms with van der Waals surface area (Å²) >= 11 is 0. The van der Waals surface area contributed by atoms with E-state index in [1.54, 1.807) is 0 Å². The second-order valence-electron chi connectivity index (χ2n) is 0.761. The third kappa shape index (κ3) is 3.45. The summed E-state index contributed by atoms with van der Waals surface area (Å²) in [6.07, 6.45) is -0.824. The van der Waals surface area contributed by atoms with Gasteiger partial charge in [0, 0.05) is 6.92 Å². The molecule has 5 heavy (non-hydrogen) atoms. The average molecular weight is 71.1 g/mol. The number of aliphatic hydroxyl groups excluding tert-OH is 1. The Morgan fingerprint density at radius 3 is 2.20 bits per heavy atom. The van der Waals surface area contributed by atoms with E-state index in [4.69, 9.17) is 11.7 Å². The van der Waals surface area contributed by atoms with E-state index in [-0.39, 0.29) is 0 Å². The summed E-state index contributed by atoms with van der Waals surface area (Å²) in [5, 5.41) is 8.01. The Balaban J connectivity index is 2.94. The second kappa shape index (κ2) is 1.74. The molecule has 0 bridgehead atoms. The van der Waals surface area contributed by atoms with Gasteiger partial charge in [-0.05, 0) is 0 Å². The summed E-state index contributed by atoms with van der Waals surface area (Å²) < 4.78 is 0. The van der Waals surface area contributed by atoms with Crippen LogP contribution in [0.2, 0.25) is 0 Å². The van der Waals surface area contributed by atoms with Crippen molar-refractivity contribution in [1.29, 1.82) is 0 Å². The van der Waals surface area contributed by atoms with Crippen LogP contribution in [0.1, 0.15) is 6.92 Å². The molecular weight excluding hydrogens is 66.0 g/mol. The minimum Gasteiger partial charge on any atom is -0.326 e. The lowest BCUT2D eigenvalue weighted by Gasteiger charge is -1.75. The number of hydrogen-bond acceptors (Lipinski definition) is 1. The Labute approximate surface area is 30.9 Å². The fourth-order valence-corrected chi connectivity index (χ4v) is 0. The van der Waals surface area contributed by atoms with Crippen molar-refractivity contribution in [2.45, 2.75) is 13.2 Å². The molecule has 0 aromatic rings. The molecule has 0 aliphatic carbocycles. The highest BCUT2D eigenvalue weighted by atomic mass is 16.3. The van der Waals surface area contributed by atoms with Gasteiger partial charge >= 0.3 is 6.23 Å². The fraction of sp³-hybridized carbons (Fsp3) is 0.667. The highest BCUT2D eigenvalue weighted by molar-refractivity contribution is 4.55. The Kier molecular flexibility index (Phi) is 1.55. The Morgan fingerprint density at radius 2 is 2.20 bits per heavy atom. The molecule has 1 N–H and O–H groups in total. The van der Waals surface area contributed by atoms with Gasteiger partial charge in [-0.2, -0.15) is 0 Å². The molecule has 0 saturated carbocycles. The maximum Gasteiger partial charge on any atom is 0.322 e. The molecule has 28 valence electrons. The molecule has 2 nitrogen and oxygen atoms in total. The molecule has 0 aromatic heterocycles. The lowest BCUT2D eigenvalue weighted by molar-refractivity contribution is 0.242. The van der Waals surface area contributed by atoms with Gasteiger partial charge in [-0.15, -0.1) is 0 Å². The predicted octanol–water partition coefficient (Wildman–Crippen LogP) is 0.244. The van der Waals surface area contributed by atoms with Crippen LogP contribution >= 0.6 is 0 Å². The zero-order valence-electron chi connectivity index (χ0n) is 2.97. The van der Waals surface area contributed by atoms with Crippen LogP contribution < -0.4 is 0 Å². The topological polar surface area (TPSA) is 24.6 Å². The van der Waals surface area contributed by atoms with E-state index in [1.165, 1.54) is 6.92 Å². The van der Waals surface area contributed by atoms with E-state index in [0.717, 1.165) is 0 Å². The van der Waals surface area contributed by atoms with Crippen molar-refractivity contribution >= 4 is 0 Å². The number of rotatable bonds is 0. The quantitative estimate of drug-likeness (QED) is 0.406. The van der Waals surface area contributed by atoms with E-state index in [2.05, 4.69) is 4.85 Å². The van der Waals surface area contributed by atoms with E-state index in [1.807, 2.05) is 0 Å². The number of hydrogen-bond donors (Lipinski definition) is 1. The summed E-state index contributed by atoms with van der Waals surface area (Å²) in [4.78, 5) is 2.69. The minimum atomic E-state index is -0.824. The van der Waals surface area contributed by atoms with Gasteiger partial charge in [0.05, 0.1) is 0 Å². The van der Waals surface area contributed by atoms with E-state index < -0.39 is 6.23 Å². The lowest BCUT2D eigenvalue weighted by Crippen LogP contribution is -1.85. The first-order valence-corrected chi connectivity index (χ1v) is 1.32. The van der Waals surface area contributed by atoms with Gasteiger partial charge in [-0.25, -0.2) is 6.57 Å². The van der Waals surface area contributed by atoms with Crippen molar-refractivity contribution in [3.63, 3.8) is 0 Å². The highest BCUT2D eigenvalue weighted by Gasteiger charge is 1.85. The van der Waals surface area contributed by atoms with Gasteiger partial charge in [0.1, 0.15) is 0 Å². The smallest absolute Gasteiger partial charge is 0.322 e. The maximum atomic E-state index is 8.01. The zero-order valence-corrected chi connectivity index (χ0v) is 2.97. The van der Waals surface area contributed by atoms with Crippen LogP contribution in [0.3, 0.4) is 0 Å². The van der Waals surface area contributed by atoms with Crippen molar-refractivity contribution in [1.82, 2.24) is 0 Å². The van der Waals surface area contributed by atoms with Crippen molar-refractivity contribution in [3.05, 3.63) is 11.4 Å². The standard InChI is InChI=1S/C3H5NO/c1-3(5)4-2/h3,5H,1H3/t3-/m0/s1. The molecule has 0 aromatic carbocycles. The maximum absolute atomic E-state index is 8.01. The van der Waals surface area contributed by atoms with Gasteiger partial charge in [-0.3, -0.25) is 4.85 Å². The van der Waals surface area contributed by atoms with Crippen molar-refractivity contribution in [3.8, 4) is 0 Å². The molecule has 0 aliphatic rings. The average Bonchev–Trinajstić information content (AvgIpc) is 1.38. The van der Waals surface area contributed by atoms with Gasteiger partial charge in [0.2, 0.25) is 0 Å². The third-order valence-corrected chi connectivity index (χ3v) is 0.187. The minimum absolute atomic E-state index is 0.824. The second-order valence-corrected chi connectivity index (χ2v) is 0.761. The first-order chi connectivity index (χ1) is 2.27. The molecule has 0 rings (SSSR count). The monoisotopic (exact) mass is 71.0 g/mol. The Hall–Kier alpha value is -0.550. The van der Waals surface area contributed by atoms with Gasteiger partial charge in [-0.1, -0.05) is 0 Å². The third-order valence-electron chi connectivity index (χ3n) is 0.187. The largest absolute Gasteiger partial charge is 0.326 e. The highest BCUT2D eigenvalue weighted by Crippen LogP contribution is 1.73. The molecular formula is C3H5NO. The van der Waals surface area contributed by atoms with Crippen LogP contribution in [0.25, 0.3) is 4.85 Å². The van der Waals surface area contributed by atoms with Crippen LogP contribution in [0.15, 0.2) is 0 Å². The van der Waals surface area contributed by atoms with E-state index >= 15 is 0 Å². The molecule has 0 saturated heterocycles. The van der Waals surface area contributed by atoms with Gasteiger partial charge < -0.3 is 5.11 Å². The summed E-state index contributed by atoms with van der Waals surface area (Å²) in [7, 11) is 0. The Morgan fingerprint density at radius 1 is 2.00 bits per heavy atom. The Bertz CT molecular complexity index is 52.4. The number of aliphatic hydroxyl groups is 1.